The first-order chi connectivity index (χ1) is 11.8. The van der Waals surface area contributed by atoms with E-state index in [9.17, 15) is 15.1 Å². The number of nitriles is 2. The highest BCUT2D eigenvalue weighted by atomic mass is 79.9. The molecule has 25 heavy (non-hydrogen) atoms. The number of hydrogen-bond acceptors (Lipinski definition) is 5. The summed E-state index contributed by atoms with van der Waals surface area (Å²) in [6, 6.07) is 11.0. The fraction of sp³-hybridized carbons (Fsp3) is 0.556. The third-order valence-corrected chi connectivity index (χ3v) is 7.01. The molecule has 0 unspecified atom stereocenters. The molecule has 1 aromatic carbocycles. The van der Waals surface area contributed by atoms with Crippen molar-refractivity contribution in [1.29, 1.82) is 10.5 Å². The zero-order chi connectivity index (χ0) is 19.0. The average molecular weight is 427 g/mol. The van der Waals surface area contributed by atoms with Gasteiger partial charge in [0.15, 0.2) is 5.92 Å². The highest BCUT2D eigenvalue weighted by Gasteiger charge is 2.45. The topological polar surface area (TPSA) is 83.1 Å². The van der Waals surface area contributed by atoms with Gasteiger partial charge in [-0.05, 0) is 44.4 Å². The maximum Gasteiger partial charge on any atom is 0.341 e. The van der Waals surface area contributed by atoms with Crippen LogP contribution in [0.4, 0.5) is 0 Å². The summed E-state index contributed by atoms with van der Waals surface area (Å²) in [4.78, 5) is 0. The molecule has 0 saturated carbocycles. The Morgan fingerprint density at radius 3 is 2.04 bits per heavy atom. The molecule has 1 rings (SSSR count). The normalized spacial score (nSPS) is 15.2. The molecule has 0 amide bonds. The van der Waals surface area contributed by atoms with Crippen molar-refractivity contribution in [1.82, 2.24) is 0 Å². The van der Waals surface area contributed by atoms with E-state index in [1.54, 1.807) is 32.0 Å². The van der Waals surface area contributed by atoms with Crippen molar-refractivity contribution in [2.45, 2.75) is 58.4 Å². The van der Waals surface area contributed by atoms with E-state index in [0.717, 1.165) is 4.47 Å². The van der Waals surface area contributed by atoms with Gasteiger partial charge in [0.1, 0.15) is 5.66 Å². The second kappa shape index (κ2) is 10.1. The van der Waals surface area contributed by atoms with Crippen molar-refractivity contribution in [3.05, 3.63) is 34.3 Å². The van der Waals surface area contributed by atoms with Gasteiger partial charge in [-0.2, -0.15) is 10.5 Å². The molecule has 0 aliphatic rings. The van der Waals surface area contributed by atoms with Gasteiger partial charge in [0, 0.05) is 4.47 Å². The summed E-state index contributed by atoms with van der Waals surface area (Å²) in [5.74, 6) is -1.15. The molecule has 0 aliphatic heterocycles. The largest absolute Gasteiger partial charge is 0.341 e. The minimum absolute atomic E-state index is 0.317. The summed E-state index contributed by atoms with van der Waals surface area (Å²) in [5.41, 5.74) is -0.389. The third kappa shape index (κ3) is 5.94. The Morgan fingerprint density at radius 2 is 1.64 bits per heavy atom. The predicted octanol–water partition coefficient (Wildman–Crippen LogP) is 5.98. The molecule has 0 aliphatic carbocycles. The Hall–Kier alpha value is -1.17. The Morgan fingerprint density at radius 1 is 1.12 bits per heavy atom. The molecule has 7 heteroatoms. The Bertz CT molecular complexity index is 668. The first-order valence-corrected chi connectivity index (χ1v) is 10.7. The minimum atomic E-state index is -3.77. The quantitative estimate of drug-likeness (QED) is 0.453. The monoisotopic (exact) mass is 426 g/mol. The smallest absolute Gasteiger partial charge is 0.305 e. The lowest BCUT2D eigenvalue weighted by Crippen LogP contribution is -2.20. The summed E-state index contributed by atoms with van der Waals surface area (Å²) in [6.07, 6.45) is 0.649. The van der Waals surface area contributed by atoms with Crippen molar-refractivity contribution in [2.24, 2.45) is 5.92 Å². The Labute approximate surface area is 158 Å². The molecular formula is C18H24BrN2O3P. The zero-order valence-corrected chi connectivity index (χ0v) is 17.5. The molecule has 0 saturated heterocycles. The number of benzene rings is 1. The van der Waals surface area contributed by atoms with Crippen LogP contribution in [0.1, 0.15) is 51.8 Å². The van der Waals surface area contributed by atoms with Crippen LogP contribution in [0.25, 0.3) is 0 Å². The lowest BCUT2D eigenvalue weighted by atomic mass is 10.0. The molecule has 0 N–H and O–H groups in total. The van der Waals surface area contributed by atoms with E-state index in [4.69, 9.17) is 9.05 Å². The van der Waals surface area contributed by atoms with E-state index in [1.807, 2.05) is 32.1 Å². The van der Waals surface area contributed by atoms with Crippen molar-refractivity contribution >= 4 is 23.5 Å². The van der Waals surface area contributed by atoms with Crippen molar-refractivity contribution < 1.29 is 13.6 Å². The van der Waals surface area contributed by atoms with E-state index in [-0.39, 0.29) is 12.2 Å². The van der Waals surface area contributed by atoms with Gasteiger partial charge in [-0.15, -0.1) is 0 Å². The number of rotatable bonds is 9. The van der Waals surface area contributed by atoms with Crippen molar-refractivity contribution in [3.8, 4) is 12.1 Å². The van der Waals surface area contributed by atoms with Crippen LogP contribution in [0.3, 0.4) is 0 Å². The lowest BCUT2D eigenvalue weighted by molar-refractivity contribution is 0.117. The molecule has 0 spiro atoms. The van der Waals surface area contributed by atoms with Gasteiger partial charge >= 0.3 is 7.60 Å². The standard InChI is InChI=1S/C18H24BrN2O3P/c1-5-13(3)23-25(22,24-14(4)6-2)18(16(11-20)12-21)15-8-7-9-17(19)10-15/h7-10,13-14,16,18H,5-6H2,1-4H3/t13-,14-,18-/m0/s1. The van der Waals surface area contributed by atoms with Crippen LogP contribution in [-0.2, 0) is 13.6 Å². The number of nitrogens with zero attached hydrogens (tertiary/aromatic N) is 2. The third-order valence-electron chi connectivity index (χ3n) is 3.93. The second-order valence-corrected chi connectivity index (χ2v) is 8.90. The molecule has 3 atom stereocenters. The van der Waals surface area contributed by atoms with E-state index < -0.39 is 19.2 Å². The SMILES string of the molecule is CC[C@H](C)OP(=O)(O[C@@H](C)CC)[C@@H](c1cccc(Br)c1)C(C#N)C#N. The van der Waals surface area contributed by atoms with E-state index in [1.165, 1.54) is 0 Å². The van der Waals surface area contributed by atoms with E-state index >= 15 is 0 Å². The summed E-state index contributed by atoms with van der Waals surface area (Å²) in [6.45, 7) is 7.44. The summed E-state index contributed by atoms with van der Waals surface area (Å²) < 4.78 is 26.2. The first kappa shape index (κ1) is 21.9. The predicted molar refractivity (Wildman–Crippen MR) is 101 cm³/mol. The van der Waals surface area contributed by atoms with E-state index in [0.29, 0.717) is 18.4 Å². The Kier molecular flexibility index (Phi) is 8.83. The molecule has 1 aromatic rings. The second-order valence-electron chi connectivity index (χ2n) is 5.92. The fourth-order valence-corrected chi connectivity index (χ4v) is 5.28. The van der Waals surface area contributed by atoms with Crippen LogP contribution >= 0.6 is 23.5 Å². The number of halogens is 1. The van der Waals surface area contributed by atoms with Crippen LogP contribution in [-0.4, -0.2) is 12.2 Å². The van der Waals surface area contributed by atoms with Crippen LogP contribution in [0.15, 0.2) is 28.7 Å². The fourth-order valence-electron chi connectivity index (χ4n) is 2.22. The average Bonchev–Trinajstić information content (AvgIpc) is 2.58. The molecule has 0 heterocycles. The summed E-state index contributed by atoms with van der Waals surface area (Å²) >= 11 is 3.38. The highest BCUT2D eigenvalue weighted by Crippen LogP contribution is 2.65. The molecule has 0 fully saturated rings. The molecule has 0 radical (unpaired) electrons. The van der Waals surface area contributed by atoms with Gasteiger partial charge in [0.2, 0.25) is 0 Å². The molecule has 5 nitrogen and oxygen atoms in total. The van der Waals surface area contributed by atoms with Crippen LogP contribution in [0.5, 0.6) is 0 Å². The molecule has 0 bridgehead atoms. The molecule has 0 aromatic heterocycles. The Balaban J connectivity index is 3.49. The van der Waals surface area contributed by atoms with Gasteiger partial charge < -0.3 is 9.05 Å². The van der Waals surface area contributed by atoms with Gasteiger partial charge in [-0.3, -0.25) is 4.57 Å². The number of hydrogen-bond donors (Lipinski definition) is 0. The van der Waals surface area contributed by atoms with Crippen LogP contribution in [0, 0.1) is 28.6 Å². The summed E-state index contributed by atoms with van der Waals surface area (Å²) in [5, 5.41) is 18.9. The van der Waals surface area contributed by atoms with Crippen molar-refractivity contribution in [2.75, 3.05) is 0 Å². The summed E-state index contributed by atoms with van der Waals surface area (Å²) in [7, 11) is -3.77. The molecule has 136 valence electrons. The van der Waals surface area contributed by atoms with E-state index in [2.05, 4.69) is 15.9 Å². The van der Waals surface area contributed by atoms with Crippen molar-refractivity contribution in [3.63, 3.8) is 0 Å². The molecular weight excluding hydrogens is 403 g/mol. The maximum absolute atomic E-state index is 13.8. The van der Waals surface area contributed by atoms with Gasteiger partial charge in [-0.25, -0.2) is 0 Å². The zero-order valence-electron chi connectivity index (χ0n) is 15.0. The highest BCUT2D eigenvalue weighted by molar-refractivity contribution is 9.10. The van der Waals surface area contributed by atoms with Gasteiger partial charge in [-0.1, -0.05) is 41.9 Å². The minimum Gasteiger partial charge on any atom is -0.305 e. The van der Waals surface area contributed by atoms with Crippen LogP contribution < -0.4 is 0 Å². The maximum atomic E-state index is 13.8. The lowest BCUT2D eigenvalue weighted by Gasteiger charge is -2.31. The van der Waals surface area contributed by atoms with Gasteiger partial charge in [0.25, 0.3) is 0 Å². The van der Waals surface area contributed by atoms with Gasteiger partial charge in [0.05, 0.1) is 24.3 Å². The first-order valence-electron chi connectivity index (χ1n) is 8.32. The van der Waals surface area contributed by atoms with Crippen LogP contribution in [0.2, 0.25) is 0 Å².